The van der Waals surface area contributed by atoms with Gasteiger partial charge in [0.1, 0.15) is 11.5 Å². The molecule has 5 nitrogen and oxygen atoms in total. The highest BCUT2D eigenvalue weighted by Crippen LogP contribution is 2.30. The Morgan fingerprint density at radius 2 is 1.57 bits per heavy atom. The van der Waals surface area contributed by atoms with Crippen LogP contribution in [0.25, 0.3) is 0 Å². The monoisotopic (exact) mass is 395 g/mol. The smallest absolute Gasteiger partial charge is 0.255 e. The molecule has 144 valence electrons. The van der Waals surface area contributed by atoms with Crippen molar-refractivity contribution in [3.63, 3.8) is 0 Å². The zero-order valence-electron chi connectivity index (χ0n) is 15.7. The molecule has 0 heterocycles. The van der Waals surface area contributed by atoms with Crippen molar-refractivity contribution in [1.29, 1.82) is 0 Å². The molecule has 3 rings (SSSR count). The molecular formula is C22H21NO4S. The van der Waals surface area contributed by atoms with Crippen molar-refractivity contribution in [1.82, 2.24) is 0 Å². The number of hydrogen-bond acceptors (Lipinski definition) is 4. The summed E-state index contributed by atoms with van der Waals surface area (Å²) in [6, 6.07) is 21.2. The molecular weight excluding hydrogens is 374 g/mol. The number of amides is 1. The molecule has 0 spiro atoms. The fourth-order valence-electron chi connectivity index (χ4n) is 2.55. The zero-order chi connectivity index (χ0) is 19.9. The minimum absolute atomic E-state index is 0.267. The van der Waals surface area contributed by atoms with Crippen molar-refractivity contribution in [2.45, 2.75) is 11.8 Å². The van der Waals surface area contributed by atoms with Gasteiger partial charge in [0.2, 0.25) is 0 Å². The molecule has 1 N–H and O–H groups in total. The molecule has 1 unspecified atom stereocenters. The molecule has 6 heteroatoms. The highest BCUT2D eigenvalue weighted by molar-refractivity contribution is 7.84. The normalized spacial score (nSPS) is 11.5. The SMILES string of the molecule is CCOc1ccc(Oc2ccccc2NC(=O)c2ccc(S(C)=O)cc2)cc1. The maximum Gasteiger partial charge on any atom is 0.255 e. The second kappa shape index (κ2) is 9.19. The Hall–Kier alpha value is -3.12. The van der Waals surface area contributed by atoms with Gasteiger partial charge in [0.25, 0.3) is 5.91 Å². The minimum atomic E-state index is -1.08. The van der Waals surface area contributed by atoms with Gasteiger partial charge in [-0.25, -0.2) is 0 Å². The maximum atomic E-state index is 12.6. The third-order valence-corrected chi connectivity index (χ3v) is 4.88. The number of carbonyl (C=O) groups excluding carboxylic acids is 1. The molecule has 1 amide bonds. The van der Waals surface area contributed by atoms with Gasteiger partial charge in [0.05, 0.1) is 12.3 Å². The summed E-state index contributed by atoms with van der Waals surface area (Å²) in [5, 5.41) is 2.86. The molecule has 3 aromatic carbocycles. The van der Waals surface area contributed by atoms with Crippen LogP contribution in [0.5, 0.6) is 17.2 Å². The van der Waals surface area contributed by atoms with Gasteiger partial charge in [-0.15, -0.1) is 0 Å². The van der Waals surface area contributed by atoms with Gasteiger partial charge < -0.3 is 14.8 Å². The van der Waals surface area contributed by atoms with Crippen LogP contribution >= 0.6 is 0 Å². The van der Waals surface area contributed by atoms with Crippen molar-refractivity contribution >= 4 is 22.4 Å². The summed E-state index contributed by atoms with van der Waals surface area (Å²) < 4.78 is 22.8. The number of hydrogen-bond donors (Lipinski definition) is 1. The van der Waals surface area contributed by atoms with E-state index in [0.29, 0.717) is 34.3 Å². The first-order valence-electron chi connectivity index (χ1n) is 8.81. The van der Waals surface area contributed by atoms with Gasteiger partial charge in [0.15, 0.2) is 5.75 Å². The zero-order valence-corrected chi connectivity index (χ0v) is 16.5. The Morgan fingerprint density at radius 3 is 2.21 bits per heavy atom. The van der Waals surface area contributed by atoms with E-state index in [9.17, 15) is 9.00 Å². The lowest BCUT2D eigenvalue weighted by molar-refractivity contribution is 0.102. The lowest BCUT2D eigenvalue weighted by Gasteiger charge is -2.13. The Balaban J connectivity index is 1.74. The molecule has 0 saturated heterocycles. The second-order valence-corrected chi connectivity index (χ2v) is 7.31. The quantitative estimate of drug-likeness (QED) is 0.620. The van der Waals surface area contributed by atoms with Crippen LogP contribution in [0, 0.1) is 0 Å². The van der Waals surface area contributed by atoms with Crippen molar-refractivity contribution < 1.29 is 18.5 Å². The van der Waals surface area contributed by atoms with Crippen molar-refractivity contribution in [3.8, 4) is 17.2 Å². The summed E-state index contributed by atoms with van der Waals surface area (Å²) in [6.07, 6.45) is 1.60. The van der Waals surface area contributed by atoms with E-state index in [1.54, 1.807) is 42.7 Å². The van der Waals surface area contributed by atoms with Crippen LogP contribution in [0.4, 0.5) is 5.69 Å². The molecule has 0 aliphatic heterocycles. The Kier molecular flexibility index (Phi) is 6.45. The van der Waals surface area contributed by atoms with Crippen molar-refractivity contribution in [3.05, 3.63) is 78.4 Å². The van der Waals surface area contributed by atoms with E-state index in [-0.39, 0.29) is 5.91 Å². The summed E-state index contributed by atoms with van der Waals surface area (Å²) in [5.41, 5.74) is 1.04. The Labute approximate surface area is 166 Å². The van der Waals surface area contributed by atoms with Crippen molar-refractivity contribution in [2.24, 2.45) is 0 Å². The topological polar surface area (TPSA) is 64.6 Å². The molecule has 0 aromatic heterocycles. The van der Waals surface area contributed by atoms with E-state index in [1.807, 2.05) is 43.3 Å². The fraction of sp³-hybridized carbons (Fsp3) is 0.136. The lowest BCUT2D eigenvalue weighted by atomic mass is 10.2. The molecule has 0 aliphatic carbocycles. The predicted molar refractivity (Wildman–Crippen MR) is 111 cm³/mol. The molecule has 1 atom stereocenters. The summed E-state index contributed by atoms with van der Waals surface area (Å²) in [6.45, 7) is 2.53. The van der Waals surface area contributed by atoms with Crippen LogP contribution in [0.2, 0.25) is 0 Å². The van der Waals surface area contributed by atoms with Gasteiger partial charge >= 0.3 is 0 Å². The Morgan fingerprint density at radius 1 is 0.929 bits per heavy atom. The highest BCUT2D eigenvalue weighted by Gasteiger charge is 2.11. The molecule has 0 bridgehead atoms. The largest absolute Gasteiger partial charge is 0.494 e. The molecule has 0 saturated carbocycles. The average molecular weight is 395 g/mol. The summed E-state index contributed by atoms with van der Waals surface area (Å²) in [4.78, 5) is 13.2. The number of para-hydroxylation sites is 2. The Bertz CT molecular complexity index is 969. The first-order chi connectivity index (χ1) is 13.6. The molecule has 0 aliphatic rings. The van der Waals surface area contributed by atoms with Crippen LogP contribution in [-0.2, 0) is 10.8 Å². The first-order valence-corrected chi connectivity index (χ1v) is 10.4. The van der Waals surface area contributed by atoms with E-state index in [4.69, 9.17) is 9.47 Å². The number of rotatable bonds is 7. The van der Waals surface area contributed by atoms with Crippen LogP contribution in [-0.4, -0.2) is 23.0 Å². The van der Waals surface area contributed by atoms with Gasteiger partial charge in [0, 0.05) is 27.5 Å². The molecule has 3 aromatic rings. The molecule has 0 fully saturated rings. The van der Waals surface area contributed by atoms with Gasteiger partial charge in [-0.2, -0.15) is 0 Å². The first kappa shape index (κ1) is 19.6. The standard InChI is InChI=1S/C22H21NO4S/c1-3-26-17-10-12-18(13-11-17)27-21-7-5-4-6-20(21)23-22(24)16-8-14-19(15-9-16)28(2)25/h4-15H,3H2,1-2H3,(H,23,24). The van der Waals surface area contributed by atoms with Gasteiger partial charge in [-0.3, -0.25) is 9.00 Å². The van der Waals surface area contributed by atoms with E-state index in [2.05, 4.69) is 5.32 Å². The number of nitrogens with one attached hydrogen (secondary N) is 1. The number of carbonyl (C=O) groups is 1. The third-order valence-electron chi connectivity index (χ3n) is 3.95. The predicted octanol–water partition coefficient (Wildman–Crippen LogP) is 4.87. The average Bonchev–Trinajstić information content (AvgIpc) is 2.71. The van der Waals surface area contributed by atoms with Gasteiger partial charge in [-0.05, 0) is 67.6 Å². The fourth-order valence-corrected chi connectivity index (χ4v) is 3.07. The van der Waals surface area contributed by atoms with Crippen LogP contribution < -0.4 is 14.8 Å². The van der Waals surface area contributed by atoms with Crippen molar-refractivity contribution in [2.75, 3.05) is 18.2 Å². The van der Waals surface area contributed by atoms with E-state index in [1.165, 1.54) is 0 Å². The summed E-state index contributed by atoms with van der Waals surface area (Å²) >= 11 is 0. The minimum Gasteiger partial charge on any atom is -0.494 e. The van der Waals surface area contributed by atoms with Crippen LogP contribution in [0.3, 0.4) is 0 Å². The molecule has 28 heavy (non-hydrogen) atoms. The lowest BCUT2D eigenvalue weighted by Crippen LogP contribution is -2.12. The number of anilines is 1. The third kappa shape index (κ3) is 4.98. The molecule has 0 radical (unpaired) electrons. The number of benzene rings is 3. The van der Waals surface area contributed by atoms with Gasteiger partial charge in [-0.1, -0.05) is 12.1 Å². The van der Waals surface area contributed by atoms with E-state index < -0.39 is 10.8 Å². The van der Waals surface area contributed by atoms with Crippen LogP contribution in [0.1, 0.15) is 17.3 Å². The summed E-state index contributed by atoms with van der Waals surface area (Å²) in [7, 11) is -1.08. The van der Waals surface area contributed by atoms with Crippen LogP contribution in [0.15, 0.2) is 77.7 Å². The van der Waals surface area contributed by atoms with E-state index in [0.717, 1.165) is 5.75 Å². The van der Waals surface area contributed by atoms with E-state index >= 15 is 0 Å². The maximum absolute atomic E-state index is 12.6. The highest BCUT2D eigenvalue weighted by atomic mass is 32.2. The summed E-state index contributed by atoms with van der Waals surface area (Å²) in [5.74, 6) is 1.68. The second-order valence-electron chi connectivity index (χ2n) is 5.94. The number of ether oxygens (including phenoxy) is 2.